The first-order chi connectivity index (χ1) is 11.5. The summed E-state index contributed by atoms with van der Waals surface area (Å²) in [4.78, 5) is 4.31. The lowest BCUT2D eigenvalue weighted by molar-refractivity contribution is 0.959. The summed E-state index contributed by atoms with van der Waals surface area (Å²) in [5, 5.41) is 13.1. The summed E-state index contributed by atoms with van der Waals surface area (Å²) in [7, 11) is 1.83. The van der Waals surface area contributed by atoms with E-state index in [1.54, 1.807) is 12.4 Å². The number of allylic oxidation sites excluding steroid dienone is 1. The van der Waals surface area contributed by atoms with Crippen molar-refractivity contribution in [1.82, 2.24) is 4.98 Å². The summed E-state index contributed by atoms with van der Waals surface area (Å²) in [5.41, 5.74) is 6.53. The normalized spacial score (nSPS) is 11.2. The van der Waals surface area contributed by atoms with E-state index in [-0.39, 0.29) is 0 Å². The van der Waals surface area contributed by atoms with Gasteiger partial charge in [-0.1, -0.05) is 37.1 Å². The molecule has 1 N–H and O–H groups in total. The summed E-state index contributed by atoms with van der Waals surface area (Å²) < 4.78 is 0. The van der Waals surface area contributed by atoms with Gasteiger partial charge in [0.2, 0.25) is 0 Å². The highest BCUT2D eigenvalue weighted by Gasteiger charge is 2.15. The topological polar surface area (TPSA) is 48.7 Å². The average molecular weight is 340 g/mol. The van der Waals surface area contributed by atoms with E-state index in [4.69, 9.17) is 11.6 Å². The zero-order valence-corrected chi connectivity index (χ0v) is 15.3. The quantitative estimate of drug-likeness (QED) is 0.782. The summed E-state index contributed by atoms with van der Waals surface area (Å²) in [6.45, 7) is 6.16. The molecule has 0 fully saturated rings. The molecule has 0 amide bonds. The van der Waals surface area contributed by atoms with E-state index >= 15 is 0 Å². The predicted molar refractivity (Wildman–Crippen MR) is 101 cm³/mol. The number of benzene rings is 1. The summed E-state index contributed by atoms with van der Waals surface area (Å²) in [6.07, 6.45) is 7.66. The first-order valence-corrected chi connectivity index (χ1v) is 8.44. The van der Waals surface area contributed by atoms with Crippen LogP contribution in [-0.2, 0) is 0 Å². The maximum atomic E-state index is 9.38. The molecule has 0 aliphatic carbocycles. The SMILES string of the molecule is CCC/C=C(\c1cc(C#N)c(C)cc1C)c1cncc(NC)c1Cl. The summed E-state index contributed by atoms with van der Waals surface area (Å²) in [6, 6.07) is 6.28. The minimum atomic E-state index is 0.647. The van der Waals surface area contributed by atoms with Crippen LogP contribution in [0.3, 0.4) is 0 Å². The molecule has 1 heterocycles. The maximum absolute atomic E-state index is 9.38. The molecule has 0 aliphatic rings. The van der Waals surface area contributed by atoms with Gasteiger partial charge >= 0.3 is 0 Å². The van der Waals surface area contributed by atoms with Crippen molar-refractivity contribution in [2.45, 2.75) is 33.6 Å². The standard InChI is InChI=1S/C20H22ClN3/c1-5-6-7-16(18-11-24-12-19(23-4)20(18)21)17-9-15(10-22)13(2)8-14(17)3/h7-9,11-12,23H,5-6H2,1-4H3/b16-7+. The molecule has 124 valence electrons. The first kappa shape index (κ1) is 18.0. The highest BCUT2D eigenvalue weighted by Crippen LogP contribution is 2.35. The van der Waals surface area contributed by atoms with E-state index in [1.165, 1.54) is 0 Å². The number of nitrogens with one attached hydrogen (secondary N) is 1. The Bertz CT molecular complexity index is 816. The third kappa shape index (κ3) is 3.60. The molecular weight excluding hydrogens is 318 g/mol. The Labute approximate surface area is 149 Å². The van der Waals surface area contributed by atoms with Crippen LogP contribution in [0.25, 0.3) is 5.57 Å². The molecule has 3 nitrogen and oxygen atoms in total. The van der Waals surface area contributed by atoms with Gasteiger partial charge in [0.1, 0.15) is 0 Å². The number of nitriles is 1. The van der Waals surface area contributed by atoms with Crippen molar-refractivity contribution in [3.8, 4) is 6.07 Å². The van der Waals surface area contributed by atoms with Gasteiger partial charge in [-0.05, 0) is 48.6 Å². The Morgan fingerprint density at radius 1 is 1.25 bits per heavy atom. The number of hydrogen-bond acceptors (Lipinski definition) is 3. The van der Waals surface area contributed by atoms with Gasteiger partial charge in [0.15, 0.2) is 0 Å². The molecule has 4 heteroatoms. The first-order valence-electron chi connectivity index (χ1n) is 8.07. The minimum Gasteiger partial charge on any atom is -0.386 e. The van der Waals surface area contributed by atoms with Crippen molar-refractivity contribution in [2.75, 3.05) is 12.4 Å². The number of aryl methyl sites for hydroxylation is 2. The highest BCUT2D eigenvalue weighted by atomic mass is 35.5. The van der Waals surface area contributed by atoms with Gasteiger partial charge in [-0.3, -0.25) is 4.98 Å². The Kier molecular flexibility index (Phi) is 6.00. The van der Waals surface area contributed by atoms with Crippen molar-refractivity contribution in [3.63, 3.8) is 0 Å². The molecule has 0 unspecified atom stereocenters. The van der Waals surface area contributed by atoms with E-state index in [9.17, 15) is 5.26 Å². The molecule has 0 bridgehead atoms. The lowest BCUT2D eigenvalue weighted by Gasteiger charge is -2.16. The monoisotopic (exact) mass is 339 g/mol. The number of unbranched alkanes of at least 4 members (excludes halogenated alkanes) is 1. The van der Waals surface area contributed by atoms with Crippen LogP contribution < -0.4 is 5.32 Å². The molecule has 24 heavy (non-hydrogen) atoms. The number of anilines is 1. The van der Waals surface area contributed by atoms with Crippen LogP contribution in [0.2, 0.25) is 5.02 Å². The number of rotatable bonds is 5. The second-order valence-electron chi connectivity index (χ2n) is 5.80. The van der Waals surface area contributed by atoms with Crippen molar-refractivity contribution >= 4 is 22.9 Å². The fourth-order valence-electron chi connectivity index (χ4n) is 2.72. The molecule has 0 radical (unpaired) electrons. The Morgan fingerprint density at radius 3 is 2.62 bits per heavy atom. The molecule has 0 aliphatic heterocycles. The fraction of sp³-hybridized carbons (Fsp3) is 0.300. The number of pyridine rings is 1. The van der Waals surface area contributed by atoms with Crippen molar-refractivity contribution in [2.24, 2.45) is 0 Å². The fourth-order valence-corrected chi connectivity index (χ4v) is 3.02. The van der Waals surface area contributed by atoms with E-state index in [2.05, 4.69) is 42.4 Å². The van der Waals surface area contributed by atoms with Gasteiger partial charge in [-0.2, -0.15) is 5.26 Å². The molecule has 1 aromatic heterocycles. The third-order valence-electron chi connectivity index (χ3n) is 4.06. The smallest absolute Gasteiger partial charge is 0.0994 e. The van der Waals surface area contributed by atoms with Crippen LogP contribution in [0.5, 0.6) is 0 Å². The van der Waals surface area contributed by atoms with Gasteiger partial charge in [-0.25, -0.2) is 0 Å². The van der Waals surface area contributed by atoms with Crippen LogP contribution in [0.4, 0.5) is 5.69 Å². The highest BCUT2D eigenvalue weighted by molar-refractivity contribution is 6.35. The number of hydrogen-bond donors (Lipinski definition) is 1. The lowest BCUT2D eigenvalue weighted by atomic mass is 9.91. The Morgan fingerprint density at radius 2 is 2.00 bits per heavy atom. The summed E-state index contributed by atoms with van der Waals surface area (Å²) in [5.74, 6) is 0. The molecule has 0 saturated carbocycles. The third-order valence-corrected chi connectivity index (χ3v) is 4.47. The zero-order valence-electron chi connectivity index (χ0n) is 14.6. The molecule has 1 aromatic carbocycles. The van der Waals surface area contributed by atoms with Crippen LogP contribution in [0.1, 0.15) is 47.6 Å². The lowest BCUT2D eigenvalue weighted by Crippen LogP contribution is -1.99. The largest absolute Gasteiger partial charge is 0.386 e. The second kappa shape index (κ2) is 7.99. The number of halogens is 1. The van der Waals surface area contributed by atoms with Crippen LogP contribution in [0, 0.1) is 25.2 Å². The van der Waals surface area contributed by atoms with Crippen LogP contribution in [0.15, 0.2) is 30.6 Å². The van der Waals surface area contributed by atoms with Crippen molar-refractivity contribution in [3.05, 3.63) is 63.4 Å². The van der Waals surface area contributed by atoms with E-state index < -0.39 is 0 Å². The van der Waals surface area contributed by atoms with E-state index in [0.29, 0.717) is 10.6 Å². The Balaban J connectivity index is 2.71. The van der Waals surface area contributed by atoms with Gasteiger partial charge in [0.05, 0.1) is 28.5 Å². The molecule has 0 saturated heterocycles. The maximum Gasteiger partial charge on any atom is 0.0994 e. The van der Waals surface area contributed by atoms with E-state index in [1.807, 2.05) is 20.0 Å². The minimum absolute atomic E-state index is 0.647. The van der Waals surface area contributed by atoms with Crippen LogP contribution in [-0.4, -0.2) is 12.0 Å². The molecular formula is C20H22ClN3. The van der Waals surface area contributed by atoms with Gasteiger partial charge in [-0.15, -0.1) is 0 Å². The van der Waals surface area contributed by atoms with Crippen molar-refractivity contribution < 1.29 is 0 Å². The van der Waals surface area contributed by atoms with Crippen molar-refractivity contribution in [1.29, 1.82) is 5.26 Å². The second-order valence-corrected chi connectivity index (χ2v) is 6.18. The van der Waals surface area contributed by atoms with Gasteiger partial charge < -0.3 is 5.32 Å². The molecule has 2 rings (SSSR count). The number of nitrogens with zero attached hydrogens (tertiary/aromatic N) is 2. The number of aromatic nitrogens is 1. The molecule has 0 atom stereocenters. The van der Waals surface area contributed by atoms with E-state index in [0.717, 1.165) is 46.4 Å². The summed E-state index contributed by atoms with van der Waals surface area (Å²) >= 11 is 6.58. The molecule has 0 spiro atoms. The van der Waals surface area contributed by atoms with Gasteiger partial charge in [0.25, 0.3) is 0 Å². The van der Waals surface area contributed by atoms with Crippen LogP contribution >= 0.6 is 11.6 Å². The average Bonchev–Trinajstić information content (AvgIpc) is 2.57. The zero-order chi connectivity index (χ0) is 17.7. The molecule has 2 aromatic rings. The van der Waals surface area contributed by atoms with Gasteiger partial charge in [0, 0.05) is 18.8 Å². The Hall–Kier alpha value is -2.31. The predicted octanol–water partition coefficient (Wildman–Crippen LogP) is 5.50.